The molecule has 6 heteroatoms. The number of hydrogen-bond acceptors (Lipinski definition) is 3. The van der Waals surface area contributed by atoms with Crippen molar-refractivity contribution >= 4 is 16.8 Å². The van der Waals surface area contributed by atoms with Gasteiger partial charge in [-0.1, -0.05) is 13.0 Å². The third kappa shape index (κ3) is 3.59. The van der Waals surface area contributed by atoms with Crippen LogP contribution in [-0.4, -0.2) is 53.5 Å². The summed E-state index contributed by atoms with van der Waals surface area (Å²) in [5.74, 6) is 0.760. The average molecular weight is 422 g/mol. The number of fused-ring (bicyclic) bond motifs is 4. The van der Waals surface area contributed by atoms with Gasteiger partial charge in [0.05, 0.1) is 5.56 Å². The van der Waals surface area contributed by atoms with Crippen molar-refractivity contribution in [1.82, 2.24) is 14.8 Å². The molecule has 5 rings (SSSR count). The molecule has 0 aliphatic carbocycles. The van der Waals surface area contributed by atoms with Crippen molar-refractivity contribution in [3.05, 3.63) is 64.6 Å². The van der Waals surface area contributed by atoms with Crippen LogP contribution in [-0.2, 0) is 19.4 Å². The van der Waals surface area contributed by atoms with E-state index in [4.69, 9.17) is 4.74 Å². The minimum absolute atomic E-state index is 0.103. The number of carbonyl (C=O) groups excluding carboxylic acids is 1. The molecule has 1 aromatic heterocycles. The zero-order chi connectivity index (χ0) is 21.5. The number of halogens is 1. The molecule has 1 N–H and O–H groups in total. The number of ether oxygens (including phenoxy) is 1. The van der Waals surface area contributed by atoms with Gasteiger partial charge in [-0.3, -0.25) is 9.69 Å². The first-order chi connectivity index (χ1) is 15.0. The fourth-order valence-electron chi connectivity index (χ4n) is 5.08. The van der Waals surface area contributed by atoms with Crippen LogP contribution >= 0.6 is 0 Å². The van der Waals surface area contributed by atoms with E-state index in [1.807, 2.05) is 25.4 Å². The summed E-state index contributed by atoms with van der Waals surface area (Å²) < 4.78 is 19.7. The van der Waals surface area contributed by atoms with Crippen LogP contribution in [0.25, 0.3) is 10.9 Å². The molecule has 31 heavy (non-hydrogen) atoms. The SMILES string of the molecule is CCN(CCCc1c[nH]c2ccc(F)cc12)C1COc2ccc3c(c2C1)C(=O)N(C)C3. The molecule has 0 spiro atoms. The summed E-state index contributed by atoms with van der Waals surface area (Å²) in [5.41, 5.74) is 5.15. The predicted molar refractivity (Wildman–Crippen MR) is 119 cm³/mol. The van der Waals surface area contributed by atoms with Crippen LogP contribution in [0.1, 0.15) is 40.4 Å². The number of carbonyl (C=O) groups is 1. The summed E-state index contributed by atoms with van der Waals surface area (Å²) in [6.07, 6.45) is 4.70. The van der Waals surface area contributed by atoms with Gasteiger partial charge in [-0.15, -0.1) is 0 Å². The fourth-order valence-corrected chi connectivity index (χ4v) is 5.08. The monoisotopic (exact) mass is 421 g/mol. The Bertz CT molecular complexity index is 1140. The maximum Gasteiger partial charge on any atom is 0.254 e. The Morgan fingerprint density at radius 1 is 1.29 bits per heavy atom. The highest BCUT2D eigenvalue weighted by atomic mass is 19.1. The Morgan fingerprint density at radius 2 is 2.16 bits per heavy atom. The lowest BCUT2D eigenvalue weighted by Crippen LogP contribution is -2.44. The lowest BCUT2D eigenvalue weighted by molar-refractivity contribution is 0.0811. The number of H-pyrrole nitrogens is 1. The second-order valence-electron chi connectivity index (χ2n) is 8.64. The number of nitrogens with one attached hydrogen (secondary N) is 1. The Balaban J connectivity index is 1.28. The highest BCUT2D eigenvalue weighted by Crippen LogP contribution is 2.35. The third-order valence-electron chi connectivity index (χ3n) is 6.74. The minimum Gasteiger partial charge on any atom is -0.492 e. The molecular weight excluding hydrogens is 393 g/mol. The smallest absolute Gasteiger partial charge is 0.254 e. The van der Waals surface area contributed by atoms with Gasteiger partial charge in [0, 0.05) is 42.3 Å². The van der Waals surface area contributed by atoms with E-state index in [9.17, 15) is 9.18 Å². The van der Waals surface area contributed by atoms with Gasteiger partial charge in [0.1, 0.15) is 18.2 Å². The van der Waals surface area contributed by atoms with E-state index in [-0.39, 0.29) is 17.8 Å². The van der Waals surface area contributed by atoms with Crippen LogP contribution in [0, 0.1) is 5.82 Å². The van der Waals surface area contributed by atoms with Gasteiger partial charge in [0.25, 0.3) is 5.91 Å². The average Bonchev–Trinajstić information content (AvgIpc) is 3.31. The minimum atomic E-state index is -0.200. The maximum absolute atomic E-state index is 13.6. The van der Waals surface area contributed by atoms with Crippen LogP contribution in [0.2, 0.25) is 0 Å². The van der Waals surface area contributed by atoms with Crippen molar-refractivity contribution in [2.24, 2.45) is 0 Å². The van der Waals surface area contributed by atoms with Crippen LogP contribution in [0.15, 0.2) is 36.5 Å². The first kappa shape index (κ1) is 20.1. The first-order valence-corrected chi connectivity index (χ1v) is 11.1. The van der Waals surface area contributed by atoms with E-state index < -0.39 is 0 Å². The predicted octanol–water partition coefficient (Wildman–Crippen LogP) is 4.15. The largest absolute Gasteiger partial charge is 0.492 e. The summed E-state index contributed by atoms with van der Waals surface area (Å²) in [7, 11) is 1.85. The van der Waals surface area contributed by atoms with Gasteiger partial charge in [-0.25, -0.2) is 4.39 Å². The molecule has 2 aliphatic rings. The lowest BCUT2D eigenvalue weighted by Gasteiger charge is -2.35. The highest BCUT2D eigenvalue weighted by Gasteiger charge is 2.33. The van der Waals surface area contributed by atoms with E-state index in [2.05, 4.69) is 16.8 Å². The number of aromatic nitrogens is 1. The molecule has 3 heterocycles. The number of aryl methyl sites for hydroxylation is 1. The molecule has 0 bridgehead atoms. The molecule has 0 saturated carbocycles. The Hall–Kier alpha value is -2.86. The van der Waals surface area contributed by atoms with Crippen molar-refractivity contribution in [1.29, 1.82) is 0 Å². The van der Waals surface area contributed by atoms with Crippen molar-refractivity contribution < 1.29 is 13.9 Å². The summed E-state index contributed by atoms with van der Waals surface area (Å²) in [6.45, 7) is 5.35. The number of likely N-dealkylation sites (N-methyl/N-ethyl adjacent to an activating group) is 1. The lowest BCUT2D eigenvalue weighted by atomic mass is 9.93. The van der Waals surface area contributed by atoms with E-state index in [0.717, 1.165) is 71.3 Å². The zero-order valence-electron chi connectivity index (χ0n) is 18.1. The highest BCUT2D eigenvalue weighted by molar-refractivity contribution is 6.00. The van der Waals surface area contributed by atoms with Crippen LogP contribution < -0.4 is 4.74 Å². The third-order valence-corrected chi connectivity index (χ3v) is 6.74. The first-order valence-electron chi connectivity index (χ1n) is 11.1. The normalized spacial score (nSPS) is 17.9. The van der Waals surface area contributed by atoms with E-state index >= 15 is 0 Å². The molecule has 0 fully saturated rings. The Kier molecular flexibility index (Phi) is 5.18. The number of hydrogen-bond donors (Lipinski definition) is 1. The van der Waals surface area contributed by atoms with E-state index in [1.165, 1.54) is 6.07 Å². The standard InChI is InChI=1S/C25H28FN3O2/c1-3-29(10-4-5-16-13-27-22-8-7-18(26)11-20(16)22)19-12-21-23(31-15-19)9-6-17-14-28(2)25(30)24(17)21/h6-9,11,13,19,27H,3-5,10,12,14-15H2,1-2H3. The molecule has 2 aliphatic heterocycles. The summed E-state index contributed by atoms with van der Waals surface area (Å²) in [6, 6.07) is 9.19. The molecule has 5 nitrogen and oxygen atoms in total. The van der Waals surface area contributed by atoms with Crippen molar-refractivity contribution in [3.8, 4) is 5.75 Å². The summed E-state index contributed by atoms with van der Waals surface area (Å²) in [5, 5.41) is 0.969. The molecule has 3 aromatic rings. The van der Waals surface area contributed by atoms with Crippen LogP contribution in [0.5, 0.6) is 5.75 Å². The Labute approximate surface area is 181 Å². The molecule has 1 unspecified atom stereocenters. The molecule has 1 amide bonds. The number of amides is 1. The van der Waals surface area contributed by atoms with Gasteiger partial charge in [0.15, 0.2) is 0 Å². The number of benzene rings is 2. The van der Waals surface area contributed by atoms with Crippen LogP contribution in [0.4, 0.5) is 4.39 Å². The van der Waals surface area contributed by atoms with Gasteiger partial charge in [-0.05, 0) is 67.7 Å². The van der Waals surface area contributed by atoms with Crippen molar-refractivity contribution in [3.63, 3.8) is 0 Å². The number of aromatic amines is 1. The van der Waals surface area contributed by atoms with Gasteiger partial charge < -0.3 is 14.6 Å². The van der Waals surface area contributed by atoms with Crippen molar-refractivity contribution in [2.45, 2.75) is 38.8 Å². The zero-order valence-corrected chi connectivity index (χ0v) is 18.1. The second-order valence-corrected chi connectivity index (χ2v) is 8.64. The molecule has 2 aromatic carbocycles. The fraction of sp³-hybridized carbons (Fsp3) is 0.400. The second kappa shape index (κ2) is 8.00. The Morgan fingerprint density at radius 3 is 3.00 bits per heavy atom. The summed E-state index contributed by atoms with van der Waals surface area (Å²) in [4.78, 5) is 20.1. The van der Waals surface area contributed by atoms with Gasteiger partial charge >= 0.3 is 0 Å². The molecule has 162 valence electrons. The van der Waals surface area contributed by atoms with E-state index in [1.54, 1.807) is 17.0 Å². The molecule has 0 radical (unpaired) electrons. The maximum atomic E-state index is 13.6. The van der Waals surface area contributed by atoms with Crippen molar-refractivity contribution in [2.75, 3.05) is 26.7 Å². The topological polar surface area (TPSA) is 48.6 Å². The summed E-state index contributed by atoms with van der Waals surface area (Å²) >= 11 is 0. The molecule has 0 saturated heterocycles. The van der Waals surface area contributed by atoms with Gasteiger partial charge in [-0.2, -0.15) is 0 Å². The number of rotatable bonds is 6. The molecule has 1 atom stereocenters. The molecular formula is C25H28FN3O2. The van der Waals surface area contributed by atoms with Gasteiger partial charge in [0.2, 0.25) is 0 Å². The van der Waals surface area contributed by atoms with E-state index in [0.29, 0.717) is 13.2 Å². The van der Waals surface area contributed by atoms with Crippen LogP contribution in [0.3, 0.4) is 0 Å². The quantitative estimate of drug-likeness (QED) is 0.651. The number of nitrogens with zero attached hydrogens (tertiary/aromatic N) is 2.